The smallest absolute Gasteiger partial charge is 0.0801 e. The maximum absolute atomic E-state index is 6.01. The minimum absolute atomic E-state index is 0.0962. The van der Waals surface area contributed by atoms with Crippen LogP contribution in [0.25, 0.3) is 0 Å². The van der Waals surface area contributed by atoms with Crippen molar-refractivity contribution in [2.24, 2.45) is 5.92 Å². The summed E-state index contributed by atoms with van der Waals surface area (Å²) >= 11 is 0. The minimum Gasteiger partial charge on any atom is -0.373 e. The van der Waals surface area contributed by atoms with Crippen molar-refractivity contribution in [1.82, 2.24) is 5.32 Å². The average molecular weight is 185 g/mol. The molecule has 0 bridgehead atoms. The third kappa shape index (κ3) is 2.44. The molecule has 2 unspecified atom stereocenters. The maximum Gasteiger partial charge on any atom is 0.0801 e. The van der Waals surface area contributed by atoms with Gasteiger partial charge in [0.15, 0.2) is 0 Å². The lowest BCUT2D eigenvalue weighted by molar-refractivity contribution is -0.0481. The van der Waals surface area contributed by atoms with Crippen LogP contribution in [0.1, 0.15) is 40.5 Å². The van der Waals surface area contributed by atoms with Gasteiger partial charge in [0.2, 0.25) is 0 Å². The highest BCUT2D eigenvalue weighted by molar-refractivity contribution is 4.86. The fourth-order valence-corrected chi connectivity index (χ4v) is 1.76. The van der Waals surface area contributed by atoms with Gasteiger partial charge in [-0.3, -0.25) is 0 Å². The molecule has 2 nitrogen and oxygen atoms in total. The highest BCUT2D eigenvalue weighted by atomic mass is 16.5. The monoisotopic (exact) mass is 185 g/mol. The molecule has 0 spiro atoms. The Balaban J connectivity index is 2.61. The van der Waals surface area contributed by atoms with Crippen LogP contribution >= 0.6 is 0 Å². The van der Waals surface area contributed by atoms with Crippen LogP contribution in [0.3, 0.4) is 0 Å². The third-order valence-electron chi connectivity index (χ3n) is 3.54. The second kappa shape index (κ2) is 4.43. The largest absolute Gasteiger partial charge is 0.373 e. The number of nitrogens with one attached hydrogen (secondary N) is 1. The topological polar surface area (TPSA) is 21.3 Å². The molecule has 1 heterocycles. The summed E-state index contributed by atoms with van der Waals surface area (Å²) in [7, 11) is 0. The third-order valence-corrected chi connectivity index (χ3v) is 3.54. The Bertz CT molecular complexity index is 140. The number of rotatable bonds is 2. The molecule has 0 aromatic rings. The van der Waals surface area contributed by atoms with Crippen molar-refractivity contribution in [2.45, 2.75) is 52.2 Å². The van der Waals surface area contributed by atoms with Gasteiger partial charge in [-0.2, -0.15) is 0 Å². The number of ether oxygens (including phenoxy) is 1. The van der Waals surface area contributed by atoms with Gasteiger partial charge in [0.1, 0.15) is 0 Å². The molecule has 1 N–H and O–H groups in total. The van der Waals surface area contributed by atoms with Crippen LogP contribution in [0.5, 0.6) is 0 Å². The second-order valence-corrected chi connectivity index (χ2v) is 4.35. The van der Waals surface area contributed by atoms with E-state index in [4.69, 9.17) is 4.74 Å². The molecule has 0 amide bonds. The Hall–Kier alpha value is -0.0800. The molecule has 1 rings (SSSR count). The number of hydrogen-bond donors (Lipinski definition) is 1. The molecule has 0 saturated carbocycles. The molecule has 1 aliphatic heterocycles. The van der Waals surface area contributed by atoms with Crippen molar-refractivity contribution >= 4 is 0 Å². The first-order chi connectivity index (χ1) is 6.13. The molecular formula is C11H23NO. The van der Waals surface area contributed by atoms with E-state index < -0.39 is 0 Å². The molecule has 0 aromatic carbocycles. The molecule has 1 aliphatic rings. The van der Waals surface area contributed by atoms with Crippen LogP contribution in [0.4, 0.5) is 0 Å². The van der Waals surface area contributed by atoms with Gasteiger partial charge in [-0.1, -0.05) is 20.8 Å². The summed E-state index contributed by atoms with van der Waals surface area (Å²) < 4.78 is 6.01. The Kier molecular flexibility index (Phi) is 3.74. The zero-order valence-corrected chi connectivity index (χ0v) is 9.39. The first kappa shape index (κ1) is 11.0. The summed E-state index contributed by atoms with van der Waals surface area (Å²) in [6, 6.07) is 0.583. The van der Waals surface area contributed by atoms with Gasteiger partial charge in [0.25, 0.3) is 0 Å². The molecule has 78 valence electrons. The molecule has 13 heavy (non-hydrogen) atoms. The van der Waals surface area contributed by atoms with E-state index in [1.807, 2.05) is 0 Å². The van der Waals surface area contributed by atoms with Gasteiger partial charge < -0.3 is 10.1 Å². The van der Waals surface area contributed by atoms with Crippen molar-refractivity contribution < 1.29 is 4.74 Å². The van der Waals surface area contributed by atoms with Gasteiger partial charge in [-0.05, 0) is 25.7 Å². The Morgan fingerprint density at radius 2 is 1.92 bits per heavy atom. The van der Waals surface area contributed by atoms with E-state index in [2.05, 4.69) is 33.0 Å². The van der Waals surface area contributed by atoms with E-state index in [0.29, 0.717) is 12.0 Å². The normalized spacial score (nSPS) is 34.2. The second-order valence-electron chi connectivity index (χ2n) is 4.35. The van der Waals surface area contributed by atoms with Crippen LogP contribution in [0, 0.1) is 5.92 Å². The molecular weight excluding hydrogens is 162 g/mol. The Morgan fingerprint density at radius 1 is 1.31 bits per heavy atom. The van der Waals surface area contributed by atoms with Crippen molar-refractivity contribution in [1.29, 1.82) is 0 Å². The summed E-state index contributed by atoms with van der Waals surface area (Å²) in [5.74, 6) is 0.625. The summed E-state index contributed by atoms with van der Waals surface area (Å²) in [6.45, 7) is 10.8. The summed E-state index contributed by atoms with van der Waals surface area (Å²) in [6.07, 6.45) is 2.21. The highest BCUT2D eigenvalue weighted by Crippen LogP contribution is 2.24. The van der Waals surface area contributed by atoms with Crippen molar-refractivity contribution in [3.05, 3.63) is 0 Å². The maximum atomic E-state index is 6.01. The van der Waals surface area contributed by atoms with Crippen molar-refractivity contribution in [3.8, 4) is 0 Å². The van der Waals surface area contributed by atoms with E-state index in [0.717, 1.165) is 26.0 Å². The van der Waals surface area contributed by atoms with E-state index in [-0.39, 0.29) is 5.60 Å². The highest BCUT2D eigenvalue weighted by Gasteiger charge is 2.31. The lowest BCUT2D eigenvalue weighted by atomic mass is 9.97. The molecule has 1 saturated heterocycles. The Labute approximate surface area is 82.0 Å². The molecule has 0 radical (unpaired) electrons. The van der Waals surface area contributed by atoms with Crippen LogP contribution < -0.4 is 5.32 Å². The van der Waals surface area contributed by atoms with Gasteiger partial charge in [-0.25, -0.2) is 0 Å². The lowest BCUT2D eigenvalue weighted by Crippen LogP contribution is -2.42. The standard InChI is InChI=1S/C11H23NO/c1-5-11(6-2)8-12-10(4)9(3)7-13-11/h9-10,12H,5-8H2,1-4H3. The summed E-state index contributed by atoms with van der Waals surface area (Å²) in [5.41, 5.74) is 0.0962. The summed E-state index contributed by atoms with van der Waals surface area (Å²) in [5, 5.41) is 3.56. The minimum atomic E-state index is 0.0962. The van der Waals surface area contributed by atoms with E-state index >= 15 is 0 Å². The van der Waals surface area contributed by atoms with Crippen molar-refractivity contribution in [2.75, 3.05) is 13.2 Å². The number of hydrogen-bond acceptors (Lipinski definition) is 2. The zero-order valence-electron chi connectivity index (χ0n) is 9.39. The van der Waals surface area contributed by atoms with E-state index in [1.165, 1.54) is 0 Å². The SMILES string of the molecule is CCC1(CC)CNC(C)C(C)CO1. The Morgan fingerprint density at radius 3 is 2.46 bits per heavy atom. The van der Waals surface area contributed by atoms with Crippen LogP contribution in [0.15, 0.2) is 0 Å². The molecule has 0 aromatic heterocycles. The van der Waals surface area contributed by atoms with Gasteiger partial charge in [-0.15, -0.1) is 0 Å². The van der Waals surface area contributed by atoms with Crippen LogP contribution in [0.2, 0.25) is 0 Å². The van der Waals surface area contributed by atoms with Crippen molar-refractivity contribution in [3.63, 3.8) is 0 Å². The lowest BCUT2D eigenvalue weighted by Gasteiger charge is -2.30. The van der Waals surface area contributed by atoms with Gasteiger partial charge >= 0.3 is 0 Å². The zero-order chi connectivity index (χ0) is 9.90. The van der Waals surface area contributed by atoms with E-state index in [9.17, 15) is 0 Å². The molecule has 2 heteroatoms. The van der Waals surface area contributed by atoms with Gasteiger partial charge in [0, 0.05) is 12.6 Å². The molecule has 0 aliphatic carbocycles. The average Bonchev–Trinajstić information content (AvgIpc) is 2.30. The van der Waals surface area contributed by atoms with Crippen LogP contribution in [-0.4, -0.2) is 24.8 Å². The predicted molar refractivity (Wildman–Crippen MR) is 55.9 cm³/mol. The quantitative estimate of drug-likeness (QED) is 0.712. The molecule has 2 atom stereocenters. The summed E-state index contributed by atoms with van der Waals surface area (Å²) in [4.78, 5) is 0. The first-order valence-corrected chi connectivity index (χ1v) is 5.51. The first-order valence-electron chi connectivity index (χ1n) is 5.51. The van der Waals surface area contributed by atoms with E-state index in [1.54, 1.807) is 0 Å². The predicted octanol–water partition coefficient (Wildman–Crippen LogP) is 2.19. The fourth-order valence-electron chi connectivity index (χ4n) is 1.76. The van der Waals surface area contributed by atoms with Gasteiger partial charge in [0.05, 0.1) is 12.2 Å². The van der Waals surface area contributed by atoms with Crippen LogP contribution in [-0.2, 0) is 4.74 Å². The molecule has 1 fully saturated rings. The fraction of sp³-hybridized carbons (Fsp3) is 1.00.